The van der Waals surface area contributed by atoms with Gasteiger partial charge in [-0.2, -0.15) is 0 Å². The topological polar surface area (TPSA) is 37.2 Å². The van der Waals surface area contributed by atoms with Crippen LogP contribution in [0.3, 0.4) is 0 Å². The Morgan fingerprint density at radius 1 is 1.28 bits per heavy atom. The summed E-state index contributed by atoms with van der Waals surface area (Å²) in [6.07, 6.45) is 3.69. The minimum Gasteiger partial charge on any atom is -0.467 e. The van der Waals surface area contributed by atoms with E-state index in [0.29, 0.717) is 11.7 Å². The van der Waals surface area contributed by atoms with Gasteiger partial charge < -0.3 is 15.1 Å². The van der Waals surface area contributed by atoms with Crippen LogP contribution in [0.5, 0.6) is 0 Å². The summed E-state index contributed by atoms with van der Waals surface area (Å²) in [5.41, 5.74) is 1.02. The molecule has 18 heavy (non-hydrogen) atoms. The molecule has 0 aliphatic heterocycles. The van der Waals surface area contributed by atoms with Gasteiger partial charge in [-0.15, -0.1) is 11.8 Å². The maximum Gasteiger partial charge on any atom is 0.171 e. The second-order valence-electron chi connectivity index (χ2n) is 3.59. The Bertz CT molecular complexity index is 511. The van der Waals surface area contributed by atoms with Crippen LogP contribution in [0.25, 0.3) is 0 Å². The number of hydrogen-bond donors (Lipinski definition) is 2. The predicted molar refractivity (Wildman–Crippen MR) is 80.0 cm³/mol. The van der Waals surface area contributed by atoms with Crippen LogP contribution in [-0.4, -0.2) is 11.4 Å². The lowest BCUT2D eigenvalue weighted by molar-refractivity contribution is 0.503. The molecule has 0 fully saturated rings. The highest BCUT2D eigenvalue weighted by molar-refractivity contribution is 7.98. The average molecular weight is 278 g/mol. The SMILES string of the molecule is CSc1ccccc1NC(=S)NCc1ccco1. The fourth-order valence-electron chi connectivity index (χ4n) is 1.49. The van der Waals surface area contributed by atoms with Gasteiger partial charge in [0.1, 0.15) is 5.76 Å². The molecular formula is C13H14N2OS2. The molecule has 2 rings (SSSR count). The molecule has 0 bridgehead atoms. The summed E-state index contributed by atoms with van der Waals surface area (Å²) in [5.74, 6) is 0.859. The lowest BCUT2D eigenvalue weighted by atomic mass is 10.3. The van der Waals surface area contributed by atoms with Crippen molar-refractivity contribution >= 4 is 34.8 Å². The summed E-state index contributed by atoms with van der Waals surface area (Å²) in [6.45, 7) is 0.584. The second kappa shape index (κ2) is 6.47. The third-order valence-corrected chi connectivity index (χ3v) is 3.40. The number of nitrogens with one attached hydrogen (secondary N) is 2. The smallest absolute Gasteiger partial charge is 0.171 e. The first kappa shape index (κ1) is 13.0. The van der Waals surface area contributed by atoms with E-state index < -0.39 is 0 Å². The zero-order valence-corrected chi connectivity index (χ0v) is 11.6. The molecular weight excluding hydrogens is 264 g/mol. The third kappa shape index (κ3) is 3.51. The van der Waals surface area contributed by atoms with Crippen LogP contribution < -0.4 is 10.6 Å². The normalized spacial score (nSPS) is 10.1. The lowest BCUT2D eigenvalue weighted by Gasteiger charge is -2.12. The summed E-state index contributed by atoms with van der Waals surface area (Å²) in [6, 6.07) is 11.8. The van der Waals surface area contributed by atoms with E-state index in [1.54, 1.807) is 18.0 Å². The summed E-state index contributed by atoms with van der Waals surface area (Å²) in [7, 11) is 0. The number of benzene rings is 1. The fourth-order valence-corrected chi connectivity index (χ4v) is 2.23. The van der Waals surface area contributed by atoms with Crippen LogP contribution in [0.15, 0.2) is 52.0 Å². The minimum atomic E-state index is 0.584. The van der Waals surface area contributed by atoms with Gasteiger partial charge in [-0.1, -0.05) is 12.1 Å². The van der Waals surface area contributed by atoms with E-state index >= 15 is 0 Å². The number of thiocarbonyl (C=S) groups is 1. The molecule has 0 aliphatic rings. The first-order valence-corrected chi connectivity index (χ1v) is 7.13. The lowest BCUT2D eigenvalue weighted by Crippen LogP contribution is -2.27. The van der Waals surface area contributed by atoms with Gasteiger partial charge in [0.05, 0.1) is 18.5 Å². The van der Waals surface area contributed by atoms with Crippen molar-refractivity contribution in [1.82, 2.24) is 5.32 Å². The molecule has 1 aromatic carbocycles. The van der Waals surface area contributed by atoms with E-state index in [-0.39, 0.29) is 0 Å². The Kier molecular flexibility index (Phi) is 4.66. The molecule has 0 aliphatic carbocycles. The maximum atomic E-state index is 5.24. The van der Waals surface area contributed by atoms with Crippen molar-refractivity contribution in [2.24, 2.45) is 0 Å². The zero-order chi connectivity index (χ0) is 12.8. The molecule has 3 nitrogen and oxygen atoms in total. The first-order valence-electron chi connectivity index (χ1n) is 5.50. The Balaban J connectivity index is 1.90. The van der Waals surface area contributed by atoms with Crippen LogP contribution in [0.4, 0.5) is 5.69 Å². The van der Waals surface area contributed by atoms with Crippen LogP contribution >= 0.6 is 24.0 Å². The van der Waals surface area contributed by atoms with Gasteiger partial charge in [-0.3, -0.25) is 0 Å². The van der Waals surface area contributed by atoms with Crippen molar-refractivity contribution in [3.8, 4) is 0 Å². The second-order valence-corrected chi connectivity index (χ2v) is 4.84. The molecule has 0 atom stereocenters. The molecule has 1 aromatic heterocycles. The van der Waals surface area contributed by atoms with Gasteiger partial charge in [0, 0.05) is 4.90 Å². The van der Waals surface area contributed by atoms with Crippen molar-refractivity contribution in [2.75, 3.05) is 11.6 Å². The summed E-state index contributed by atoms with van der Waals surface area (Å²) < 4.78 is 5.22. The van der Waals surface area contributed by atoms with Crippen LogP contribution in [0.1, 0.15) is 5.76 Å². The Morgan fingerprint density at radius 2 is 2.11 bits per heavy atom. The number of anilines is 1. The van der Waals surface area contributed by atoms with Crippen molar-refractivity contribution in [3.05, 3.63) is 48.4 Å². The van der Waals surface area contributed by atoms with Gasteiger partial charge in [0.25, 0.3) is 0 Å². The molecule has 2 N–H and O–H groups in total. The van der Waals surface area contributed by atoms with Gasteiger partial charge in [0.2, 0.25) is 0 Å². The Hall–Kier alpha value is -1.46. The van der Waals surface area contributed by atoms with E-state index in [0.717, 1.165) is 11.4 Å². The number of hydrogen-bond acceptors (Lipinski definition) is 3. The van der Waals surface area contributed by atoms with Crippen LogP contribution in [0.2, 0.25) is 0 Å². The Morgan fingerprint density at radius 3 is 2.83 bits per heavy atom. The number of furan rings is 1. The molecule has 94 valence electrons. The van der Waals surface area contributed by atoms with E-state index in [9.17, 15) is 0 Å². The fraction of sp³-hybridized carbons (Fsp3) is 0.154. The summed E-state index contributed by atoms with van der Waals surface area (Å²) >= 11 is 6.93. The summed E-state index contributed by atoms with van der Waals surface area (Å²) in [5, 5.41) is 6.87. The molecule has 0 saturated heterocycles. The molecule has 2 aromatic rings. The highest BCUT2D eigenvalue weighted by Crippen LogP contribution is 2.24. The van der Waals surface area contributed by atoms with Crippen LogP contribution in [-0.2, 0) is 6.54 Å². The predicted octanol–water partition coefficient (Wildman–Crippen LogP) is 3.49. The van der Waals surface area contributed by atoms with Crippen LogP contribution in [0, 0.1) is 0 Å². The van der Waals surface area contributed by atoms with Gasteiger partial charge in [-0.05, 0) is 42.7 Å². The van der Waals surface area contributed by atoms with Crippen molar-refractivity contribution in [1.29, 1.82) is 0 Å². The van der Waals surface area contributed by atoms with E-state index in [2.05, 4.69) is 16.7 Å². The molecule has 0 amide bonds. The van der Waals surface area contributed by atoms with E-state index in [1.165, 1.54) is 4.90 Å². The third-order valence-electron chi connectivity index (χ3n) is 2.36. The van der Waals surface area contributed by atoms with Gasteiger partial charge >= 0.3 is 0 Å². The van der Waals surface area contributed by atoms with Gasteiger partial charge in [-0.25, -0.2) is 0 Å². The molecule has 5 heteroatoms. The highest BCUT2D eigenvalue weighted by atomic mass is 32.2. The van der Waals surface area contributed by atoms with E-state index in [1.807, 2.05) is 36.6 Å². The molecule has 0 saturated carbocycles. The van der Waals surface area contributed by atoms with Crippen molar-refractivity contribution in [2.45, 2.75) is 11.4 Å². The minimum absolute atomic E-state index is 0.584. The van der Waals surface area contributed by atoms with E-state index in [4.69, 9.17) is 16.6 Å². The zero-order valence-electron chi connectivity index (χ0n) is 9.97. The number of thioether (sulfide) groups is 1. The van der Waals surface area contributed by atoms with Gasteiger partial charge in [0.15, 0.2) is 5.11 Å². The highest BCUT2D eigenvalue weighted by Gasteiger charge is 2.03. The number of rotatable bonds is 4. The average Bonchev–Trinajstić information content (AvgIpc) is 2.90. The molecule has 1 heterocycles. The Labute approximate surface area is 116 Å². The van der Waals surface area contributed by atoms with Crippen molar-refractivity contribution in [3.63, 3.8) is 0 Å². The van der Waals surface area contributed by atoms with Crippen molar-refractivity contribution < 1.29 is 4.42 Å². The quantitative estimate of drug-likeness (QED) is 0.661. The summed E-state index contributed by atoms with van der Waals surface area (Å²) in [4.78, 5) is 1.17. The number of para-hydroxylation sites is 1. The molecule has 0 radical (unpaired) electrons. The largest absolute Gasteiger partial charge is 0.467 e. The maximum absolute atomic E-state index is 5.24. The molecule has 0 unspecified atom stereocenters. The standard InChI is InChI=1S/C13H14N2OS2/c1-18-12-7-3-2-6-11(12)15-13(17)14-9-10-5-4-8-16-10/h2-8H,9H2,1H3,(H2,14,15,17). The molecule has 0 spiro atoms. The monoisotopic (exact) mass is 278 g/mol. The first-order chi connectivity index (χ1) is 8.79.